The highest BCUT2D eigenvalue weighted by Gasteiger charge is 2.22. The fraction of sp³-hybridized carbons (Fsp3) is 0.524. The van der Waals surface area contributed by atoms with Crippen LogP contribution in [0.25, 0.3) is 0 Å². The maximum absolute atomic E-state index is 4.47. The van der Waals surface area contributed by atoms with Gasteiger partial charge in [0, 0.05) is 37.3 Å². The van der Waals surface area contributed by atoms with Crippen LogP contribution in [-0.4, -0.2) is 42.0 Å². The largest absolute Gasteiger partial charge is 0.355 e. The van der Waals surface area contributed by atoms with Crippen molar-refractivity contribution in [1.29, 1.82) is 0 Å². The molecule has 0 bridgehead atoms. The number of thiazole rings is 1. The molecule has 3 rings (SSSR count). The molecule has 1 saturated heterocycles. The molecule has 5 nitrogen and oxygen atoms in total. The third kappa shape index (κ3) is 7.00. The first-order chi connectivity index (χ1) is 13.3. The summed E-state index contributed by atoms with van der Waals surface area (Å²) in [5.74, 6) is 0.855. The average molecular weight is 513 g/mol. The Morgan fingerprint density at radius 3 is 2.79 bits per heavy atom. The summed E-state index contributed by atoms with van der Waals surface area (Å²) in [6.45, 7) is 6.01. The number of piperidine rings is 1. The van der Waals surface area contributed by atoms with Crippen molar-refractivity contribution in [2.24, 2.45) is 4.99 Å². The van der Waals surface area contributed by atoms with Gasteiger partial charge in [0.25, 0.3) is 0 Å². The standard InChI is InChI=1S/C21H31N5S.HI/c1-3-19-14-23-20(27-19)15-25-21(22-2)24-13-18-11-7-8-12-26(18)16-17-9-5-4-6-10-17;/h4-6,9-10,14,18H,3,7-8,11-13,15-16H2,1-2H3,(H2,22,24,25);1H. The minimum atomic E-state index is 0. The number of halogens is 1. The number of hydrogen-bond acceptors (Lipinski definition) is 4. The number of aromatic nitrogens is 1. The monoisotopic (exact) mass is 513 g/mol. The Balaban J connectivity index is 0.00000280. The molecule has 7 heteroatoms. The van der Waals surface area contributed by atoms with Gasteiger partial charge < -0.3 is 10.6 Å². The van der Waals surface area contributed by atoms with Crippen molar-refractivity contribution in [1.82, 2.24) is 20.5 Å². The molecule has 1 fully saturated rings. The lowest BCUT2D eigenvalue weighted by Crippen LogP contribution is -2.48. The number of nitrogens with zero attached hydrogens (tertiary/aromatic N) is 3. The van der Waals surface area contributed by atoms with Gasteiger partial charge in [-0.15, -0.1) is 35.3 Å². The number of aliphatic imine (C=N–C) groups is 1. The van der Waals surface area contributed by atoms with Gasteiger partial charge in [-0.25, -0.2) is 4.98 Å². The predicted molar refractivity (Wildman–Crippen MR) is 130 cm³/mol. The van der Waals surface area contributed by atoms with Crippen molar-refractivity contribution in [2.45, 2.75) is 51.7 Å². The van der Waals surface area contributed by atoms with Crippen LogP contribution in [0.4, 0.5) is 0 Å². The summed E-state index contributed by atoms with van der Waals surface area (Å²) in [7, 11) is 1.83. The van der Waals surface area contributed by atoms with Gasteiger partial charge in [0.1, 0.15) is 5.01 Å². The van der Waals surface area contributed by atoms with Crippen molar-refractivity contribution < 1.29 is 0 Å². The van der Waals surface area contributed by atoms with E-state index in [1.165, 1.54) is 36.2 Å². The topological polar surface area (TPSA) is 52.6 Å². The molecule has 2 aromatic rings. The first-order valence-electron chi connectivity index (χ1n) is 9.94. The Hall–Kier alpha value is -1.19. The Morgan fingerprint density at radius 2 is 2.07 bits per heavy atom. The first kappa shape index (κ1) is 23.1. The highest BCUT2D eigenvalue weighted by molar-refractivity contribution is 14.0. The number of hydrogen-bond donors (Lipinski definition) is 2. The van der Waals surface area contributed by atoms with E-state index in [-0.39, 0.29) is 24.0 Å². The van der Waals surface area contributed by atoms with Crippen molar-refractivity contribution in [3.8, 4) is 0 Å². The zero-order valence-electron chi connectivity index (χ0n) is 16.9. The maximum atomic E-state index is 4.47. The Bertz CT molecular complexity index is 719. The first-order valence-corrected chi connectivity index (χ1v) is 10.8. The molecular formula is C21H32IN5S. The minimum Gasteiger partial charge on any atom is -0.355 e. The Labute approximate surface area is 190 Å². The molecule has 0 spiro atoms. The summed E-state index contributed by atoms with van der Waals surface area (Å²) in [5, 5.41) is 8.02. The molecule has 0 saturated carbocycles. The Morgan fingerprint density at radius 1 is 1.25 bits per heavy atom. The number of rotatable bonds is 7. The van der Waals surface area contributed by atoms with E-state index in [4.69, 9.17) is 0 Å². The quantitative estimate of drug-likeness (QED) is 0.334. The smallest absolute Gasteiger partial charge is 0.191 e. The Kier molecular flexibility index (Phi) is 10.2. The zero-order valence-corrected chi connectivity index (χ0v) is 20.0. The molecule has 28 heavy (non-hydrogen) atoms. The fourth-order valence-corrected chi connectivity index (χ4v) is 4.31. The van der Waals surface area contributed by atoms with Gasteiger partial charge in [-0.2, -0.15) is 0 Å². The zero-order chi connectivity index (χ0) is 18.9. The SMILES string of the molecule is CCc1cnc(CNC(=NC)NCC2CCCCN2Cc2ccccc2)s1.I. The number of guanidine groups is 1. The molecule has 1 unspecified atom stereocenters. The summed E-state index contributed by atoms with van der Waals surface area (Å²) in [5.41, 5.74) is 1.39. The third-order valence-corrected chi connectivity index (χ3v) is 6.20. The van der Waals surface area contributed by atoms with Gasteiger partial charge in [0.05, 0.1) is 6.54 Å². The number of benzene rings is 1. The molecular weight excluding hydrogens is 481 g/mol. The van der Waals surface area contributed by atoms with Crippen LogP contribution in [0.2, 0.25) is 0 Å². The lowest BCUT2D eigenvalue weighted by atomic mass is 10.0. The van der Waals surface area contributed by atoms with Crippen LogP contribution >= 0.6 is 35.3 Å². The summed E-state index contributed by atoms with van der Waals surface area (Å²) < 4.78 is 0. The predicted octanol–water partition coefficient (Wildman–Crippen LogP) is 4.04. The molecule has 154 valence electrons. The van der Waals surface area contributed by atoms with E-state index in [0.717, 1.165) is 37.0 Å². The molecule has 1 aliphatic rings. The van der Waals surface area contributed by atoms with Crippen molar-refractivity contribution in [3.05, 3.63) is 52.0 Å². The second-order valence-electron chi connectivity index (χ2n) is 6.99. The highest BCUT2D eigenvalue weighted by atomic mass is 127. The molecule has 1 aromatic heterocycles. The molecule has 0 aliphatic carbocycles. The van der Waals surface area contributed by atoms with Crippen LogP contribution in [-0.2, 0) is 19.5 Å². The van der Waals surface area contributed by atoms with Gasteiger partial charge in [-0.1, -0.05) is 43.7 Å². The molecule has 1 aliphatic heterocycles. The van der Waals surface area contributed by atoms with Crippen LogP contribution < -0.4 is 10.6 Å². The normalized spacial score (nSPS) is 17.8. The number of likely N-dealkylation sites (tertiary alicyclic amines) is 1. The summed E-state index contributed by atoms with van der Waals surface area (Å²) in [4.78, 5) is 12.8. The van der Waals surface area contributed by atoms with Gasteiger partial charge in [0.15, 0.2) is 5.96 Å². The third-order valence-electron chi connectivity index (χ3n) is 5.06. The van der Waals surface area contributed by atoms with E-state index in [9.17, 15) is 0 Å². The fourth-order valence-electron chi connectivity index (χ4n) is 3.50. The molecule has 2 N–H and O–H groups in total. The van der Waals surface area contributed by atoms with Crippen LogP contribution in [0.5, 0.6) is 0 Å². The molecule has 2 heterocycles. The van der Waals surface area contributed by atoms with E-state index in [2.05, 4.69) is 62.8 Å². The van der Waals surface area contributed by atoms with E-state index < -0.39 is 0 Å². The number of nitrogens with one attached hydrogen (secondary N) is 2. The maximum Gasteiger partial charge on any atom is 0.191 e. The van der Waals surface area contributed by atoms with Gasteiger partial charge in [0.2, 0.25) is 0 Å². The summed E-state index contributed by atoms with van der Waals surface area (Å²) in [6.07, 6.45) is 6.86. The van der Waals surface area contributed by atoms with Crippen molar-refractivity contribution in [3.63, 3.8) is 0 Å². The van der Waals surface area contributed by atoms with Gasteiger partial charge in [-0.05, 0) is 31.4 Å². The molecule has 1 atom stereocenters. The molecule has 0 radical (unpaired) electrons. The van der Waals surface area contributed by atoms with Crippen LogP contribution in [0.15, 0.2) is 41.5 Å². The minimum absolute atomic E-state index is 0. The highest BCUT2D eigenvalue weighted by Crippen LogP contribution is 2.19. The van der Waals surface area contributed by atoms with Gasteiger partial charge in [-0.3, -0.25) is 9.89 Å². The second kappa shape index (κ2) is 12.4. The molecule has 1 aromatic carbocycles. The van der Waals surface area contributed by atoms with E-state index in [1.807, 2.05) is 13.2 Å². The van der Waals surface area contributed by atoms with Crippen molar-refractivity contribution >= 4 is 41.3 Å². The lowest BCUT2D eigenvalue weighted by Gasteiger charge is -2.36. The van der Waals surface area contributed by atoms with E-state index >= 15 is 0 Å². The van der Waals surface area contributed by atoms with Crippen LogP contribution in [0, 0.1) is 0 Å². The lowest BCUT2D eigenvalue weighted by molar-refractivity contribution is 0.141. The van der Waals surface area contributed by atoms with Gasteiger partial charge >= 0.3 is 0 Å². The van der Waals surface area contributed by atoms with E-state index in [1.54, 1.807) is 11.3 Å². The number of aryl methyl sites for hydroxylation is 1. The summed E-state index contributed by atoms with van der Waals surface area (Å²) >= 11 is 1.77. The second-order valence-corrected chi connectivity index (χ2v) is 8.19. The van der Waals surface area contributed by atoms with E-state index in [0.29, 0.717) is 6.04 Å². The van der Waals surface area contributed by atoms with Crippen LogP contribution in [0.3, 0.4) is 0 Å². The molecule has 0 amide bonds. The van der Waals surface area contributed by atoms with Crippen LogP contribution in [0.1, 0.15) is 41.6 Å². The average Bonchev–Trinajstić information content (AvgIpc) is 3.18. The summed E-state index contributed by atoms with van der Waals surface area (Å²) in [6, 6.07) is 11.3. The van der Waals surface area contributed by atoms with Crippen molar-refractivity contribution in [2.75, 3.05) is 20.1 Å².